The van der Waals surface area contributed by atoms with Gasteiger partial charge in [-0.1, -0.05) is 36.4 Å². The van der Waals surface area contributed by atoms with Crippen molar-refractivity contribution in [1.29, 1.82) is 0 Å². The zero-order valence-corrected chi connectivity index (χ0v) is 17.6. The molecule has 0 spiro atoms. The SMILES string of the molecule is COc1ccc(/C=C/C(=O)N(C)C(C)c2ccccc2)cc1S(=O)(=O)N(C)C. The van der Waals surface area contributed by atoms with E-state index in [0.29, 0.717) is 5.56 Å². The molecule has 0 aliphatic carbocycles. The van der Waals surface area contributed by atoms with Gasteiger partial charge in [0.15, 0.2) is 0 Å². The number of methoxy groups -OCH3 is 1. The highest BCUT2D eigenvalue weighted by Gasteiger charge is 2.22. The van der Waals surface area contributed by atoms with Gasteiger partial charge >= 0.3 is 0 Å². The Balaban J connectivity index is 2.25. The fraction of sp³-hybridized carbons (Fsp3) is 0.286. The molecule has 0 saturated carbocycles. The highest BCUT2D eigenvalue weighted by molar-refractivity contribution is 7.89. The second-order valence-corrected chi connectivity index (χ2v) is 8.69. The van der Waals surface area contributed by atoms with Crippen molar-refractivity contribution in [2.45, 2.75) is 17.9 Å². The van der Waals surface area contributed by atoms with Crippen LogP contribution in [0.5, 0.6) is 5.75 Å². The van der Waals surface area contributed by atoms with Crippen LogP contribution in [0.3, 0.4) is 0 Å². The Morgan fingerprint density at radius 3 is 2.29 bits per heavy atom. The number of sulfonamides is 1. The van der Waals surface area contributed by atoms with Gasteiger partial charge in [0.25, 0.3) is 0 Å². The Morgan fingerprint density at radius 2 is 1.71 bits per heavy atom. The number of ether oxygens (including phenoxy) is 1. The summed E-state index contributed by atoms with van der Waals surface area (Å²) in [4.78, 5) is 14.2. The molecular weight excluding hydrogens is 376 g/mol. The van der Waals surface area contributed by atoms with Gasteiger partial charge in [0.2, 0.25) is 15.9 Å². The van der Waals surface area contributed by atoms with Crippen molar-refractivity contribution in [2.75, 3.05) is 28.3 Å². The Kier molecular flexibility index (Phi) is 6.99. The van der Waals surface area contributed by atoms with Crippen LogP contribution in [0.4, 0.5) is 0 Å². The minimum Gasteiger partial charge on any atom is -0.495 e. The first kappa shape index (κ1) is 21.7. The van der Waals surface area contributed by atoms with Crippen molar-refractivity contribution in [3.63, 3.8) is 0 Å². The zero-order valence-electron chi connectivity index (χ0n) is 16.8. The van der Waals surface area contributed by atoms with Crippen LogP contribution in [0.25, 0.3) is 6.08 Å². The predicted molar refractivity (Wildman–Crippen MR) is 111 cm³/mol. The lowest BCUT2D eigenvalue weighted by Crippen LogP contribution is -2.27. The van der Waals surface area contributed by atoms with Crippen LogP contribution >= 0.6 is 0 Å². The minimum absolute atomic E-state index is 0.0561. The molecule has 0 fully saturated rings. The molecule has 150 valence electrons. The summed E-state index contributed by atoms with van der Waals surface area (Å²) in [5, 5.41) is 0. The quantitative estimate of drug-likeness (QED) is 0.667. The number of nitrogens with zero attached hydrogens (tertiary/aromatic N) is 2. The highest BCUT2D eigenvalue weighted by atomic mass is 32.2. The third kappa shape index (κ3) is 4.79. The molecular formula is C21H26N2O4S. The maximum atomic E-state index is 12.5. The van der Waals surface area contributed by atoms with E-state index < -0.39 is 10.0 Å². The molecule has 1 unspecified atom stereocenters. The van der Waals surface area contributed by atoms with Crippen molar-refractivity contribution >= 4 is 22.0 Å². The van der Waals surface area contributed by atoms with E-state index in [1.165, 1.54) is 33.3 Å². The van der Waals surface area contributed by atoms with Crippen molar-refractivity contribution in [2.24, 2.45) is 0 Å². The maximum Gasteiger partial charge on any atom is 0.246 e. The molecule has 0 aromatic heterocycles. The highest BCUT2D eigenvalue weighted by Crippen LogP contribution is 2.27. The maximum absolute atomic E-state index is 12.5. The number of benzene rings is 2. The van der Waals surface area contributed by atoms with Crippen LogP contribution in [0.2, 0.25) is 0 Å². The average molecular weight is 403 g/mol. The Bertz CT molecular complexity index is 954. The van der Waals surface area contributed by atoms with Gasteiger partial charge in [-0.3, -0.25) is 4.79 Å². The second-order valence-electron chi connectivity index (χ2n) is 6.57. The predicted octanol–water partition coefficient (Wildman–Crippen LogP) is 3.18. The first-order valence-corrected chi connectivity index (χ1v) is 10.2. The average Bonchev–Trinajstić information content (AvgIpc) is 2.71. The van der Waals surface area contributed by atoms with E-state index in [0.717, 1.165) is 9.87 Å². The van der Waals surface area contributed by atoms with Crippen LogP contribution < -0.4 is 4.74 Å². The molecule has 0 bridgehead atoms. The van der Waals surface area contributed by atoms with Crippen LogP contribution in [0, 0.1) is 0 Å². The summed E-state index contributed by atoms with van der Waals surface area (Å²) in [6.45, 7) is 1.95. The molecule has 2 aromatic carbocycles. The number of hydrogen-bond acceptors (Lipinski definition) is 4. The minimum atomic E-state index is -3.67. The molecule has 0 radical (unpaired) electrons. The van der Waals surface area contributed by atoms with E-state index in [1.807, 2.05) is 37.3 Å². The van der Waals surface area contributed by atoms with Crippen molar-refractivity contribution in [3.8, 4) is 5.75 Å². The zero-order chi connectivity index (χ0) is 20.9. The summed E-state index contributed by atoms with van der Waals surface area (Å²) >= 11 is 0. The van der Waals surface area contributed by atoms with Gasteiger partial charge in [-0.05, 0) is 36.3 Å². The number of carbonyl (C=O) groups excluding carboxylic acids is 1. The van der Waals surface area contributed by atoms with E-state index >= 15 is 0 Å². The fourth-order valence-electron chi connectivity index (χ4n) is 2.63. The van der Waals surface area contributed by atoms with E-state index in [1.54, 1.807) is 30.2 Å². The standard InChI is InChI=1S/C21H26N2O4S/c1-16(18-9-7-6-8-10-18)23(4)21(24)14-12-17-11-13-19(27-5)20(15-17)28(25,26)22(2)3/h6-16H,1-5H3/b14-12+. The number of rotatable bonds is 7. The van der Waals surface area contributed by atoms with Crippen LogP contribution in [-0.4, -0.2) is 51.8 Å². The lowest BCUT2D eigenvalue weighted by Gasteiger charge is -2.24. The Hall–Kier alpha value is -2.64. The molecule has 0 aliphatic heterocycles. The summed E-state index contributed by atoms with van der Waals surface area (Å²) in [5.41, 5.74) is 1.63. The molecule has 28 heavy (non-hydrogen) atoms. The topological polar surface area (TPSA) is 66.9 Å². The van der Waals surface area contributed by atoms with E-state index in [4.69, 9.17) is 4.74 Å². The van der Waals surface area contributed by atoms with E-state index in [9.17, 15) is 13.2 Å². The van der Waals surface area contributed by atoms with Crippen LogP contribution in [0.15, 0.2) is 59.5 Å². The van der Waals surface area contributed by atoms with Gasteiger partial charge in [-0.2, -0.15) is 0 Å². The van der Waals surface area contributed by atoms with Crippen molar-refractivity contribution in [1.82, 2.24) is 9.21 Å². The molecule has 6 nitrogen and oxygen atoms in total. The number of likely N-dealkylation sites (N-methyl/N-ethyl adjacent to an activating group) is 1. The second kappa shape index (κ2) is 9.03. The summed E-state index contributed by atoms with van der Waals surface area (Å²) < 4.78 is 31.3. The van der Waals surface area contributed by atoms with E-state index in [-0.39, 0.29) is 22.6 Å². The summed E-state index contributed by atoms with van der Waals surface area (Å²) in [6, 6.07) is 14.4. The van der Waals surface area contributed by atoms with Crippen molar-refractivity contribution < 1.29 is 17.9 Å². The first-order chi connectivity index (χ1) is 13.2. The number of hydrogen-bond donors (Lipinski definition) is 0. The third-order valence-corrected chi connectivity index (χ3v) is 6.41. The Morgan fingerprint density at radius 1 is 1.07 bits per heavy atom. The lowest BCUT2D eigenvalue weighted by atomic mass is 10.1. The summed E-state index contributed by atoms with van der Waals surface area (Å²) in [5.74, 6) is 0.0798. The molecule has 2 aromatic rings. The van der Waals surface area contributed by atoms with Crippen LogP contribution in [0.1, 0.15) is 24.1 Å². The third-order valence-electron chi connectivity index (χ3n) is 4.58. The largest absolute Gasteiger partial charge is 0.495 e. The molecule has 2 rings (SSSR count). The molecule has 0 heterocycles. The van der Waals surface area contributed by atoms with Gasteiger partial charge in [0.05, 0.1) is 13.2 Å². The van der Waals surface area contributed by atoms with Gasteiger partial charge in [0, 0.05) is 27.2 Å². The molecule has 0 aliphatic rings. The first-order valence-electron chi connectivity index (χ1n) is 8.79. The fourth-order valence-corrected chi connectivity index (χ4v) is 3.71. The van der Waals surface area contributed by atoms with Gasteiger partial charge in [-0.25, -0.2) is 12.7 Å². The summed E-state index contributed by atoms with van der Waals surface area (Å²) in [6.07, 6.45) is 3.04. The molecule has 0 saturated heterocycles. The molecule has 1 atom stereocenters. The van der Waals surface area contributed by atoms with Gasteiger partial charge in [0.1, 0.15) is 10.6 Å². The lowest BCUT2D eigenvalue weighted by molar-refractivity contribution is -0.126. The normalized spacial score (nSPS) is 12.9. The van der Waals surface area contributed by atoms with Gasteiger partial charge < -0.3 is 9.64 Å². The summed E-state index contributed by atoms with van der Waals surface area (Å²) in [7, 11) is 2.41. The Labute approximate surface area is 167 Å². The van der Waals surface area contributed by atoms with Crippen molar-refractivity contribution in [3.05, 3.63) is 65.7 Å². The van der Waals surface area contributed by atoms with E-state index in [2.05, 4.69) is 0 Å². The smallest absolute Gasteiger partial charge is 0.246 e. The van der Waals surface area contributed by atoms with Crippen LogP contribution in [-0.2, 0) is 14.8 Å². The van der Waals surface area contributed by atoms with Gasteiger partial charge in [-0.15, -0.1) is 0 Å². The molecule has 7 heteroatoms. The molecule has 0 N–H and O–H groups in total. The molecule has 1 amide bonds. The number of carbonyl (C=O) groups is 1. The monoisotopic (exact) mass is 402 g/mol. The number of amides is 1.